The highest BCUT2D eigenvalue weighted by atomic mass is 16.5. The van der Waals surface area contributed by atoms with Crippen LogP contribution in [0.3, 0.4) is 0 Å². The summed E-state index contributed by atoms with van der Waals surface area (Å²) >= 11 is 0. The molecule has 0 aliphatic carbocycles. The minimum absolute atomic E-state index is 0.131. The van der Waals surface area contributed by atoms with Crippen molar-refractivity contribution in [2.45, 2.75) is 12.8 Å². The van der Waals surface area contributed by atoms with Crippen LogP contribution in [0.25, 0.3) is 21.9 Å². The molecule has 10 heteroatoms. The van der Waals surface area contributed by atoms with Crippen molar-refractivity contribution in [2.24, 2.45) is 0 Å². The average molecular weight is 591 g/mol. The zero-order valence-corrected chi connectivity index (χ0v) is 23.0. The first-order valence-corrected chi connectivity index (χ1v) is 13.3. The molecule has 0 atom stereocenters. The Morgan fingerprint density at radius 2 is 1.09 bits per heavy atom. The van der Waals surface area contributed by atoms with Gasteiger partial charge in [-0.3, -0.25) is 4.79 Å². The molecule has 0 spiro atoms. The number of carbonyl (C=O) groups is 2. The molecule has 0 aliphatic heterocycles. The molecule has 10 nitrogen and oxygen atoms in total. The van der Waals surface area contributed by atoms with Crippen molar-refractivity contribution in [2.75, 3.05) is 0 Å². The van der Waals surface area contributed by atoms with E-state index in [0.29, 0.717) is 0 Å². The Hall–Kier alpha value is -6.16. The molecule has 6 aromatic rings. The highest BCUT2D eigenvalue weighted by molar-refractivity contribution is 5.91. The third-order valence-electron chi connectivity index (χ3n) is 6.99. The lowest BCUT2D eigenvalue weighted by Gasteiger charge is -2.20. The van der Waals surface area contributed by atoms with Crippen molar-refractivity contribution in [3.63, 3.8) is 0 Å². The summed E-state index contributed by atoms with van der Waals surface area (Å²) < 4.78 is 21.4. The maximum atomic E-state index is 13.3. The van der Waals surface area contributed by atoms with Crippen molar-refractivity contribution in [1.29, 1.82) is 0 Å². The van der Waals surface area contributed by atoms with Crippen LogP contribution in [-0.4, -0.2) is 22.2 Å². The topological polar surface area (TPSA) is 153 Å². The fraction of sp³-hybridized carbons (Fsp3) is 0.0588. The Kier molecular flexibility index (Phi) is 7.16. The van der Waals surface area contributed by atoms with E-state index in [2.05, 4.69) is 0 Å². The number of carbonyl (C=O) groups excluding carboxylic acids is 2. The molecule has 4 aromatic carbocycles. The molecule has 0 unspecified atom stereocenters. The third-order valence-corrected chi connectivity index (χ3v) is 6.99. The molecule has 0 saturated heterocycles. The second-order valence-corrected chi connectivity index (χ2v) is 9.81. The fourth-order valence-corrected chi connectivity index (χ4v) is 5.00. The molecule has 44 heavy (non-hydrogen) atoms. The van der Waals surface area contributed by atoms with E-state index >= 15 is 0 Å². The number of benzene rings is 4. The lowest BCUT2D eigenvalue weighted by Crippen LogP contribution is -2.21. The van der Waals surface area contributed by atoms with Gasteiger partial charge in [-0.2, -0.15) is 0 Å². The average Bonchev–Trinajstić information content (AvgIpc) is 3.01. The Labute approximate surface area is 247 Å². The van der Waals surface area contributed by atoms with E-state index < -0.39 is 40.6 Å². The van der Waals surface area contributed by atoms with Crippen LogP contribution in [0.4, 0.5) is 0 Å². The maximum absolute atomic E-state index is 13.3. The number of hydrogen-bond donors (Lipinski definition) is 2. The van der Waals surface area contributed by atoms with E-state index in [9.17, 15) is 29.4 Å². The standard InChI is InChI=1S/C34H22O10/c1-18(35)41-21-16-12-20(13-17-21)32(38)42-22-14-10-19(11-15-22)27(28-30(36)23-6-2-4-8-25(23)43-33(28)39)29-31(37)24-7-3-5-9-26(24)44-34(29)40/h2-17,27,36-37H,1H3. The summed E-state index contributed by atoms with van der Waals surface area (Å²) in [5.41, 5.74) is -1.69. The summed E-state index contributed by atoms with van der Waals surface area (Å²) in [5, 5.41) is 23.1. The van der Waals surface area contributed by atoms with Crippen LogP contribution in [-0.2, 0) is 4.79 Å². The van der Waals surface area contributed by atoms with Gasteiger partial charge in [0.2, 0.25) is 0 Å². The van der Waals surface area contributed by atoms with Gasteiger partial charge in [0.25, 0.3) is 0 Å². The van der Waals surface area contributed by atoms with Crippen LogP contribution >= 0.6 is 0 Å². The van der Waals surface area contributed by atoms with Crippen LogP contribution in [0.5, 0.6) is 23.0 Å². The van der Waals surface area contributed by atoms with Gasteiger partial charge < -0.3 is 28.5 Å². The first-order valence-electron chi connectivity index (χ1n) is 13.3. The van der Waals surface area contributed by atoms with E-state index in [1.165, 1.54) is 67.6 Å². The molecular formula is C34H22O10. The maximum Gasteiger partial charge on any atom is 0.344 e. The first-order chi connectivity index (χ1) is 21.2. The molecule has 2 heterocycles. The number of para-hydroxylation sites is 2. The van der Waals surface area contributed by atoms with Crippen molar-refractivity contribution in [1.82, 2.24) is 0 Å². The van der Waals surface area contributed by atoms with Crippen molar-refractivity contribution in [3.05, 3.63) is 140 Å². The molecule has 0 aliphatic rings. The highest BCUT2D eigenvalue weighted by Gasteiger charge is 2.32. The van der Waals surface area contributed by atoms with E-state index in [1.807, 2.05) is 0 Å². The summed E-state index contributed by atoms with van der Waals surface area (Å²) in [6.07, 6.45) is 0. The Morgan fingerprint density at radius 3 is 1.59 bits per heavy atom. The summed E-state index contributed by atoms with van der Waals surface area (Å²) in [6, 6.07) is 24.3. The predicted molar refractivity (Wildman–Crippen MR) is 158 cm³/mol. The molecule has 0 amide bonds. The number of aromatic hydroxyl groups is 2. The zero-order chi connectivity index (χ0) is 31.0. The van der Waals surface area contributed by atoms with Crippen molar-refractivity contribution < 1.29 is 38.1 Å². The fourth-order valence-electron chi connectivity index (χ4n) is 5.00. The number of hydrogen-bond acceptors (Lipinski definition) is 10. The quantitative estimate of drug-likeness (QED) is 0.142. The Balaban J connectivity index is 1.44. The van der Waals surface area contributed by atoms with Crippen LogP contribution in [0.1, 0.15) is 39.9 Å². The Bertz CT molecular complexity index is 2080. The second kappa shape index (κ2) is 11.3. The summed E-state index contributed by atoms with van der Waals surface area (Å²) in [7, 11) is 0. The van der Waals surface area contributed by atoms with E-state index in [1.54, 1.807) is 36.4 Å². The molecule has 0 radical (unpaired) electrons. The van der Waals surface area contributed by atoms with Gasteiger partial charge in [0.05, 0.1) is 33.4 Å². The minimum Gasteiger partial charge on any atom is -0.507 e. The number of fused-ring (bicyclic) bond motifs is 2. The lowest BCUT2D eigenvalue weighted by atomic mass is 9.84. The largest absolute Gasteiger partial charge is 0.507 e. The normalized spacial score (nSPS) is 11.1. The predicted octanol–water partition coefficient (Wildman–Crippen LogP) is 5.64. The van der Waals surface area contributed by atoms with Gasteiger partial charge >= 0.3 is 23.2 Å². The zero-order valence-electron chi connectivity index (χ0n) is 23.0. The molecular weight excluding hydrogens is 568 g/mol. The van der Waals surface area contributed by atoms with Gasteiger partial charge in [-0.1, -0.05) is 36.4 Å². The summed E-state index contributed by atoms with van der Waals surface area (Å²) in [6.45, 7) is 1.26. The smallest absolute Gasteiger partial charge is 0.344 e. The van der Waals surface area contributed by atoms with Crippen LogP contribution in [0.15, 0.2) is 115 Å². The highest BCUT2D eigenvalue weighted by Crippen LogP contribution is 2.42. The van der Waals surface area contributed by atoms with Crippen LogP contribution < -0.4 is 20.7 Å². The monoisotopic (exact) mass is 590 g/mol. The van der Waals surface area contributed by atoms with E-state index in [-0.39, 0.29) is 55.7 Å². The van der Waals surface area contributed by atoms with Gasteiger partial charge in [0.1, 0.15) is 34.2 Å². The summed E-state index contributed by atoms with van der Waals surface area (Å²) in [5.74, 6) is -2.98. The van der Waals surface area contributed by atoms with Gasteiger partial charge in [0, 0.05) is 6.92 Å². The Morgan fingerprint density at radius 1 is 0.636 bits per heavy atom. The number of ether oxygens (including phenoxy) is 2. The van der Waals surface area contributed by atoms with E-state index in [4.69, 9.17) is 18.3 Å². The lowest BCUT2D eigenvalue weighted by molar-refractivity contribution is -0.131. The third kappa shape index (κ3) is 5.16. The van der Waals surface area contributed by atoms with Crippen LogP contribution in [0, 0.1) is 0 Å². The van der Waals surface area contributed by atoms with Crippen LogP contribution in [0.2, 0.25) is 0 Å². The first kappa shape index (κ1) is 28.0. The van der Waals surface area contributed by atoms with Gasteiger partial charge in [-0.05, 0) is 66.2 Å². The molecule has 2 aromatic heterocycles. The molecule has 0 fully saturated rings. The van der Waals surface area contributed by atoms with E-state index in [0.717, 1.165) is 0 Å². The van der Waals surface area contributed by atoms with Gasteiger partial charge in [0.15, 0.2) is 0 Å². The number of esters is 2. The summed E-state index contributed by atoms with van der Waals surface area (Å²) in [4.78, 5) is 50.6. The van der Waals surface area contributed by atoms with Crippen molar-refractivity contribution in [3.8, 4) is 23.0 Å². The molecule has 218 valence electrons. The second-order valence-electron chi connectivity index (χ2n) is 9.81. The van der Waals surface area contributed by atoms with Gasteiger partial charge in [-0.15, -0.1) is 0 Å². The number of rotatable bonds is 6. The van der Waals surface area contributed by atoms with Gasteiger partial charge in [-0.25, -0.2) is 14.4 Å². The molecule has 6 rings (SSSR count). The molecule has 0 bridgehead atoms. The molecule has 0 saturated carbocycles. The SMILES string of the molecule is CC(=O)Oc1ccc(C(=O)Oc2ccc(C(c3c(O)c4ccccc4oc3=O)c3c(O)c4ccccc4oc3=O)cc2)cc1. The van der Waals surface area contributed by atoms with Crippen molar-refractivity contribution >= 4 is 33.9 Å². The molecule has 2 N–H and O–H groups in total. The minimum atomic E-state index is -1.34.